The highest BCUT2D eigenvalue weighted by Gasteiger charge is 2.29. The number of anilines is 1. The van der Waals surface area contributed by atoms with E-state index in [4.69, 9.17) is 16.3 Å². The van der Waals surface area contributed by atoms with Crippen LogP contribution in [0.3, 0.4) is 0 Å². The average Bonchev–Trinajstić information content (AvgIpc) is 2.68. The van der Waals surface area contributed by atoms with Crippen molar-refractivity contribution in [3.05, 3.63) is 59.1 Å². The molecular weight excluding hydrogens is 376 g/mol. The van der Waals surface area contributed by atoms with E-state index in [1.165, 1.54) is 0 Å². The van der Waals surface area contributed by atoms with Crippen molar-refractivity contribution in [3.8, 4) is 5.75 Å². The first-order chi connectivity index (χ1) is 13.3. The van der Waals surface area contributed by atoms with Crippen LogP contribution in [0.15, 0.2) is 48.5 Å². The van der Waals surface area contributed by atoms with Gasteiger partial charge in [-0.25, -0.2) is 0 Å². The van der Waals surface area contributed by atoms with Gasteiger partial charge in [0.2, 0.25) is 5.91 Å². The number of hydrogen-bond donors (Lipinski definition) is 1. The van der Waals surface area contributed by atoms with Crippen molar-refractivity contribution in [2.75, 3.05) is 11.4 Å². The van der Waals surface area contributed by atoms with E-state index in [1.54, 1.807) is 38.1 Å². The molecule has 148 valence electrons. The van der Waals surface area contributed by atoms with Gasteiger partial charge in [0.25, 0.3) is 5.91 Å². The second kappa shape index (κ2) is 8.65. The number of benzene rings is 2. The second-order valence-corrected chi connectivity index (χ2v) is 7.86. The van der Waals surface area contributed by atoms with Crippen molar-refractivity contribution in [2.45, 2.75) is 45.3 Å². The van der Waals surface area contributed by atoms with Gasteiger partial charge in [-0.15, -0.1) is 0 Å². The maximum atomic E-state index is 12.6. The Bertz CT molecular complexity index is 849. The molecule has 0 saturated carbocycles. The predicted octanol–water partition coefficient (Wildman–Crippen LogP) is 4.33. The fraction of sp³-hybridized carbons (Fsp3) is 0.364. The third kappa shape index (κ3) is 5.04. The number of nitrogens with one attached hydrogen (secondary N) is 1. The van der Waals surface area contributed by atoms with Gasteiger partial charge in [-0.3, -0.25) is 9.59 Å². The third-order valence-corrected chi connectivity index (χ3v) is 4.98. The summed E-state index contributed by atoms with van der Waals surface area (Å²) in [6.45, 7) is 4.55. The normalized spacial score (nSPS) is 14.7. The molecule has 2 aromatic rings. The molecule has 0 aromatic heterocycles. The molecule has 0 radical (unpaired) electrons. The molecule has 0 spiro atoms. The van der Waals surface area contributed by atoms with Crippen molar-refractivity contribution in [2.24, 2.45) is 0 Å². The maximum Gasteiger partial charge on any atom is 0.263 e. The number of nitrogens with zero attached hydrogens (tertiary/aromatic N) is 1. The first-order valence-electron chi connectivity index (χ1n) is 9.47. The number of rotatable bonds is 6. The van der Waals surface area contributed by atoms with E-state index in [-0.39, 0.29) is 11.8 Å². The first-order valence-corrected chi connectivity index (χ1v) is 9.85. The van der Waals surface area contributed by atoms with Crippen LogP contribution in [0.2, 0.25) is 5.02 Å². The second-order valence-electron chi connectivity index (χ2n) is 7.42. The van der Waals surface area contributed by atoms with Crippen LogP contribution in [-0.4, -0.2) is 24.0 Å². The molecule has 28 heavy (non-hydrogen) atoms. The third-order valence-electron chi connectivity index (χ3n) is 4.73. The Morgan fingerprint density at radius 3 is 2.64 bits per heavy atom. The Balaban J connectivity index is 1.61. The van der Waals surface area contributed by atoms with Crippen LogP contribution in [0, 0.1) is 0 Å². The monoisotopic (exact) mass is 400 g/mol. The van der Waals surface area contributed by atoms with Gasteiger partial charge < -0.3 is 15.0 Å². The largest absolute Gasteiger partial charge is 0.478 e. The van der Waals surface area contributed by atoms with Gasteiger partial charge in [0.05, 0.1) is 0 Å². The fourth-order valence-electron chi connectivity index (χ4n) is 3.15. The topological polar surface area (TPSA) is 58.6 Å². The molecule has 1 N–H and O–H groups in total. The molecule has 6 heteroatoms. The molecule has 1 aliphatic heterocycles. The van der Waals surface area contributed by atoms with E-state index in [0.29, 0.717) is 23.7 Å². The summed E-state index contributed by atoms with van der Waals surface area (Å²) in [5.41, 5.74) is 0.786. The van der Waals surface area contributed by atoms with E-state index in [2.05, 4.69) is 5.32 Å². The summed E-state index contributed by atoms with van der Waals surface area (Å²) in [6.07, 6.45) is 2.56. The number of piperidine rings is 1. The molecule has 1 fully saturated rings. The van der Waals surface area contributed by atoms with Gasteiger partial charge in [0, 0.05) is 30.2 Å². The molecule has 2 aromatic carbocycles. The number of carbonyl (C=O) groups is 2. The fourth-order valence-corrected chi connectivity index (χ4v) is 3.28. The van der Waals surface area contributed by atoms with Crippen LogP contribution >= 0.6 is 11.6 Å². The molecule has 1 saturated heterocycles. The Morgan fingerprint density at radius 2 is 1.93 bits per heavy atom. The lowest BCUT2D eigenvalue weighted by Crippen LogP contribution is -2.46. The van der Waals surface area contributed by atoms with E-state index < -0.39 is 5.60 Å². The summed E-state index contributed by atoms with van der Waals surface area (Å²) in [5.74, 6) is 0.516. The zero-order valence-electron chi connectivity index (χ0n) is 16.2. The van der Waals surface area contributed by atoms with Crippen molar-refractivity contribution < 1.29 is 14.3 Å². The minimum absolute atomic E-state index is 0.157. The smallest absolute Gasteiger partial charge is 0.263 e. The molecule has 0 bridgehead atoms. The summed E-state index contributed by atoms with van der Waals surface area (Å²) in [6, 6.07) is 14.6. The van der Waals surface area contributed by atoms with Crippen LogP contribution in [-0.2, 0) is 16.1 Å². The molecule has 1 heterocycles. The summed E-state index contributed by atoms with van der Waals surface area (Å²) < 4.78 is 5.82. The minimum atomic E-state index is -1.03. The van der Waals surface area contributed by atoms with Gasteiger partial charge in [0.15, 0.2) is 5.60 Å². The van der Waals surface area contributed by atoms with E-state index in [0.717, 1.165) is 30.6 Å². The van der Waals surface area contributed by atoms with Crippen LogP contribution in [0.4, 0.5) is 5.69 Å². The van der Waals surface area contributed by atoms with Crippen LogP contribution in [0.5, 0.6) is 5.75 Å². The van der Waals surface area contributed by atoms with Gasteiger partial charge in [-0.1, -0.05) is 23.7 Å². The molecule has 1 aliphatic rings. The van der Waals surface area contributed by atoms with Crippen molar-refractivity contribution in [3.63, 3.8) is 0 Å². The molecular formula is C22H25ClN2O3. The maximum absolute atomic E-state index is 12.6. The highest BCUT2D eigenvalue weighted by atomic mass is 35.5. The first kappa shape index (κ1) is 20.2. The Morgan fingerprint density at radius 1 is 1.18 bits per heavy atom. The molecule has 0 unspecified atom stereocenters. The van der Waals surface area contributed by atoms with Crippen LogP contribution in [0.1, 0.15) is 38.7 Å². The molecule has 2 amide bonds. The SMILES string of the molecule is CC(C)(Oc1ccc(Cl)cc1)C(=O)NCc1cccc(N2CCCCC2=O)c1. The predicted molar refractivity (Wildman–Crippen MR) is 111 cm³/mol. The lowest BCUT2D eigenvalue weighted by Gasteiger charge is -2.27. The number of hydrogen-bond acceptors (Lipinski definition) is 3. The van der Waals surface area contributed by atoms with Gasteiger partial charge in [-0.2, -0.15) is 0 Å². The van der Waals surface area contributed by atoms with E-state index >= 15 is 0 Å². The molecule has 0 atom stereocenters. The lowest BCUT2D eigenvalue weighted by atomic mass is 10.1. The molecule has 5 nitrogen and oxygen atoms in total. The Hall–Kier alpha value is -2.53. The highest BCUT2D eigenvalue weighted by molar-refractivity contribution is 6.30. The summed E-state index contributed by atoms with van der Waals surface area (Å²) >= 11 is 5.88. The molecule has 0 aliphatic carbocycles. The zero-order valence-corrected chi connectivity index (χ0v) is 17.0. The van der Waals surface area contributed by atoms with Crippen LogP contribution < -0.4 is 15.0 Å². The molecule has 3 rings (SSSR count). The van der Waals surface area contributed by atoms with Crippen molar-refractivity contribution >= 4 is 29.1 Å². The number of amides is 2. The lowest BCUT2D eigenvalue weighted by molar-refractivity contribution is -0.134. The van der Waals surface area contributed by atoms with Gasteiger partial charge in [-0.05, 0) is 68.7 Å². The van der Waals surface area contributed by atoms with Gasteiger partial charge >= 0.3 is 0 Å². The highest BCUT2D eigenvalue weighted by Crippen LogP contribution is 2.23. The van der Waals surface area contributed by atoms with Gasteiger partial charge in [0.1, 0.15) is 5.75 Å². The average molecular weight is 401 g/mol. The van der Waals surface area contributed by atoms with Crippen molar-refractivity contribution in [1.82, 2.24) is 5.32 Å². The minimum Gasteiger partial charge on any atom is -0.478 e. The van der Waals surface area contributed by atoms with Crippen LogP contribution in [0.25, 0.3) is 0 Å². The zero-order chi connectivity index (χ0) is 20.1. The Kier molecular flexibility index (Phi) is 6.25. The number of halogens is 1. The summed E-state index contributed by atoms with van der Waals surface area (Å²) in [4.78, 5) is 26.6. The summed E-state index contributed by atoms with van der Waals surface area (Å²) in [7, 11) is 0. The number of ether oxygens (including phenoxy) is 1. The quantitative estimate of drug-likeness (QED) is 0.785. The summed E-state index contributed by atoms with van der Waals surface area (Å²) in [5, 5.41) is 3.53. The van der Waals surface area contributed by atoms with E-state index in [1.807, 2.05) is 29.2 Å². The standard InChI is InChI=1S/C22H25ClN2O3/c1-22(2,28-19-11-9-17(23)10-12-19)21(27)24-15-16-6-5-7-18(14-16)25-13-4-3-8-20(25)26/h5-7,9-12,14H,3-4,8,13,15H2,1-2H3,(H,24,27). The number of carbonyl (C=O) groups excluding carboxylic acids is 2. The van der Waals surface area contributed by atoms with Crippen molar-refractivity contribution in [1.29, 1.82) is 0 Å². The van der Waals surface area contributed by atoms with E-state index in [9.17, 15) is 9.59 Å². The Labute approximate surface area is 170 Å².